The van der Waals surface area contributed by atoms with Crippen molar-refractivity contribution in [1.82, 2.24) is 0 Å². The maximum atomic E-state index is 13.1. The second-order valence-corrected chi connectivity index (χ2v) is 18.4. The normalized spacial score (nSPS) is 12.1. The standard InChI is InChI=1S/2C20H15F6.C2H6Si.2ClH.Zr/c2*1-11(2)13-6-12-4-3-5-17(18(12)9-13)14-7-15(19(21,22)23)10-16(8-14)20(24,25)26;1-3-2;;;/h2*3-11H,1-2H3;1-2H3;2*1H;/q2*-1;;;;+4/p-2. The molecule has 0 atom stereocenters. The summed E-state index contributed by atoms with van der Waals surface area (Å²) in [4.78, 5) is 0. The molecule has 6 aromatic carbocycles. The summed E-state index contributed by atoms with van der Waals surface area (Å²) in [5.41, 5.74) is -2.77. The summed E-state index contributed by atoms with van der Waals surface area (Å²) in [7, 11) is 11.0. The Morgan fingerprint density at radius 3 is 0.966 bits per heavy atom. The first-order valence-electron chi connectivity index (χ1n) is 17.3. The summed E-state index contributed by atoms with van der Waals surface area (Å²) >= 11 is -0.826. The molecule has 0 heterocycles. The molecule has 0 saturated heterocycles. The van der Waals surface area contributed by atoms with E-state index in [9.17, 15) is 52.7 Å². The van der Waals surface area contributed by atoms with Crippen LogP contribution in [0.1, 0.15) is 72.9 Å². The van der Waals surface area contributed by atoms with Crippen molar-refractivity contribution in [2.45, 2.75) is 77.3 Å². The van der Waals surface area contributed by atoms with E-state index >= 15 is 0 Å². The van der Waals surface area contributed by atoms with Gasteiger partial charge in [0, 0.05) is 9.52 Å². The molecule has 0 aliphatic rings. The van der Waals surface area contributed by atoms with Crippen LogP contribution >= 0.6 is 17.0 Å². The molecular formula is C42H36Cl2F12SiZr. The van der Waals surface area contributed by atoms with Crippen molar-refractivity contribution in [3.8, 4) is 22.3 Å². The zero-order valence-electron chi connectivity index (χ0n) is 31.7. The number of hydrogen-bond acceptors (Lipinski definition) is 0. The Labute approximate surface area is 349 Å². The van der Waals surface area contributed by atoms with Gasteiger partial charge in [0.25, 0.3) is 0 Å². The molecule has 0 aliphatic heterocycles. The van der Waals surface area contributed by atoms with E-state index in [0.29, 0.717) is 21.9 Å². The van der Waals surface area contributed by atoms with E-state index in [1.54, 1.807) is 36.4 Å². The zero-order valence-corrected chi connectivity index (χ0v) is 36.7. The number of rotatable bonds is 4. The predicted octanol–water partition coefficient (Wildman–Crippen LogP) is 16.9. The van der Waals surface area contributed by atoms with Gasteiger partial charge in [0.05, 0.1) is 22.3 Å². The van der Waals surface area contributed by atoms with Crippen molar-refractivity contribution in [2.24, 2.45) is 0 Å². The average molecular weight is 959 g/mol. The number of benzene rings is 4. The van der Waals surface area contributed by atoms with Crippen LogP contribution in [0.2, 0.25) is 13.1 Å². The molecule has 0 aliphatic carbocycles. The third kappa shape index (κ3) is 13.0. The van der Waals surface area contributed by atoms with Crippen LogP contribution in [-0.4, -0.2) is 9.52 Å². The Bertz CT molecular complexity index is 2040. The monoisotopic (exact) mass is 956 g/mol. The molecule has 6 aromatic rings. The van der Waals surface area contributed by atoms with Crippen LogP contribution in [0.3, 0.4) is 0 Å². The van der Waals surface area contributed by atoms with Crippen LogP contribution in [0.5, 0.6) is 0 Å². The van der Waals surface area contributed by atoms with E-state index in [1.807, 2.05) is 52.0 Å². The van der Waals surface area contributed by atoms with Crippen molar-refractivity contribution < 1.29 is 73.5 Å². The summed E-state index contributed by atoms with van der Waals surface area (Å²) in [5.74, 6) is 0.394. The first kappa shape index (κ1) is 49.3. The van der Waals surface area contributed by atoms with Gasteiger partial charge in [-0.05, 0) is 59.4 Å². The van der Waals surface area contributed by atoms with Crippen molar-refractivity contribution >= 4 is 48.1 Å². The van der Waals surface area contributed by atoms with E-state index in [0.717, 1.165) is 55.7 Å². The van der Waals surface area contributed by atoms with Gasteiger partial charge in [0.2, 0.25) is 0 Å². The molecule has 6 rings (SSSR count). The molecule has 0 unspecified atom stereocenters. The number of hydrogen-bond donors (Lipinski definition) is 0. The Kier molecular flexibility index (Phi) is 17.0. The molecule has 0 aromatic heterocycles. The molecule has 0 N–H and O–H groups in total. The van der Waals surface area contributed by atoms with Gasteiger partial charge in [-0.15, -0.1) is 69.1 Å². The minimum atomic E-state index is -4.86. The topological polar surface area (TPSA) is 0 Å². The van der Waals surface area contributed by atoms with Gasteiger partial charge in [-0.1, -0.05) is 64.0 Å². The second kappa shape index (κ2) is 20.0. The molecule has 0 fully saturated rings. The molecule has 0 saturated carbocycles. The summed E-state index contributed by atoms with van der Waals surface area (Å²) < 4.78 is 157. The molecule has 0 spiro atoms. The number of fused-ring (bicyclic) bond motifs is 2. The van der Waals surface area contributed by atoms with Crippen LogP contribution in [-0.2, 0) is 45.6 Å². The van der Waals surface area contributed by atoms with Gasteiger partial charge >= 0.3 is 62.6 Å². The van der Waals surface area contributed by atoms with Gasteiger partial charge in [0.1, 0.15) is 0 Å². The molecule has 0 amide bonds. The van der Waals surface area contributed by atoms with Crippen LogP contribution in [0.15, 0.2) is 97.1 Å². The average Bonchev–Trinajstić information content (AvgIpc) is 3.76. The molecule has 16 heteroatoms. The van der Waals surface area contributed by atoms with E-state index in [-0.39, 0.29) is 35.1 Å². The fourth-order valence-corrected chi connectivity index (χ4v) is 5.91. The summed E-state index contributed by atoms with van der Waals surface area (Å²) in [6, 6.07) is 20.8. The van der Waals surface area contributed by atoms with E-state index in [4.69, 9.17) is 17.0 Å². The fraction of sp³-hybridized carbons (Fsp3) is 0.286. The summed E-state index contributed by atoms with van der Waals surface area (Å²) in [5, 5.41) is 2.86. The van der Waals surface area contributed by atoms with Gasteiger partial charge in [-0.3, -0.25) is 0 Å². The van der Waals surface area contributed by atoms with Gasteiger partial charge < -0.3 is 0 Å². The second-order valence-electron chi connectivity index (χ2n) is 13.7. The fourth-order valence-electron chi connectivity index (χ4n) is 5.91. The van der Waals surface area contributed by atoms with E-state index in [2.05, 4.69) is 13.1 Å². The van der Waals surface area contributed by atoms with Gasteiger partial charge in [-0.2, -0.15) is 64.8 Å². The van der Waals surface area contributed by atoms with Gasteiger partial charge in [0.15, 0.2) is 0 Å². The van der Waals surface area contributed by atoms with Crippen molar-refractivity contribution in [3.05, 3.63) is 130 Å². The van der Waals surface area contributed by atoms with Crippen molar-refractivity contribution in [2.75, 3.05) is 0 Å². The van der Waals surface area contributed by atoms with Crippen LogP contribution in [0, 0.1) is 0 Å². The quantitative estimate of drug-likeness (QED) is 0.0938. The summed E-state index contributed by atoms with van der Waals surface area (Å²) in [6.07, 6.45) is -19.4. The Morgan fingerprint density at radius 2 is 0.741 bits per heavy atom. The minimum absolute atomic E-state index is 0.0985. The summed E-state index contributed by atoms with van der Waals surface area (Å²) in [6.45, 7) is 12.2. The third-order valence-corrected chi connectivity index (χ3v) is 8.68. The van der Waals surface area contributed by atoms with E-state index < -0.39 is 67.8 Å². The Morgan fingerprint density at radius 1 is 0.483 bits per heavy atom. The Hall–Kier alpha value is -3.06. The molecule has 0 bridgehead atoms. The first-order valence-corrected chi connectivity index (χ1v) is 25.6. The zero-order chi connectivity index (χ0) is 44.0. The van der Waals surface area contributed by atoms with Crippen molar-refractivity contribution in [3.63, 3.8) is 0 Å². The van der Waals surface area contributed by atoms with Crippen LogP contribution < -0.4 is 0 Å². The maximum absolute atomic E-state index is 13.1. The SMILES string of the molecule is CC(C)c1cc2c(-c3cc(C(F)(F)F)cc(C(F)(F)F)c3)cccc2[cH-]1.CC(C)c1cc2c(-c3cc(C(F)(F)F)cc(C(F)(F)F)c3)cccc2[cH-]1.C[Si]C.[Cl][Zr+2][Cl]. The number of halogens is 14. The molecule has 2 radical (unpaired) electrons. The molecular weight excluding hydrogens is 923 g/mol. The molecule has 58 heavy (non-hydrogen) atoms. The van der Waals surface area contributed by atoms with Gasteiger partial charge in [-0.25, -0.2) is 0 Å². The van der Waals surface area contributed by atoms with E-state index in [1.165, 1.54) is 0 Å². The predicted molar refractivity (Wildman–Crippen MR) is 207 cm³/mol. The molecule has 310 valence electrons. The molecule has 0 nitrogen and oxygen atoms in total. The van der Waals surface area contributed by atoms with Crippen molar-refractivity contribution in [1.29, 1.82) is 0 Å². The van der Waals surface area contributed by atoms with Crippen LogP contribution in [0.25, 0.3) is 43.8 Å². The Balaban J connectivity index is 0.000000273. The van der Waals surface area contributed by atoms with Crippen LogP contribution in [0.4, 0.5) is 52.7 Å². The first-order chi connectivity index (χ1) is 26.8. The number of alkyl halides is 12. The third-order valence-electron chi connectivity index (χ3n) is 8.68.